The molecule has 194 valence electrons. The van der Waals surface area contributed by atoms with Crippen molar-refractivity contribution < 1.29 is 27.2 Å². The van der Waals surface area contributed by atoms with Crippen LogP contribution in [0.15, 0.2) is 45.8 Å². The van der Waals surface area contributed by atoms with E-state index in [4.69, 9.17) is 14.4 Å². The molecule has 0 aliphatic carbocycles. The van der Waals surface area contributed by atoms with Crippen molar-refractivity contribution in [3.63, 3.8) is 0 Å². The Balaban J connectivity index is 1.36. The number of halogens is 1. The molecular formula is C25H31FN4O5S. The minimum absolute atomic E-state index is 0.120. The lowest BCUT2D eigenvalue weighted by Crippen LogP contribution is -2.35. The fraction of sp³-hybridized carbons (Fsp3) is 0.440. The highest BCUT2D eigenvalue weighted by Gasteiger charge is 2.24. The molecule has 0 unspecified atom stereocenters. The van der Waals surface area contributed by atoms with Gasteiger partial charge in [0.25, 0.3) is 0 Å². The molecule has 11 heteroatoms. The summed E-state index contributed by atoms with van der Waals surface area (Å²) in [5.41, 5.74) is 0.671. The monoisotopic (exact) mass is 518 g/mol. The Kier molecular flexibility index (Phi) is 7.91. The first-order valence-corrected chi connectivity index (χ1v) is 13.5. The maximum absolute atomic E-state index is 15.1. The number of anilines is 1. The second-order valence-corrected chi connectivity index (χ2v) is 10.8. The molecule has 9 nitrogen and oxygen atoms in total. The van der Waals surface area contributed by atoms with Crippen LogP contribution in [0.2, 0.25) is 0 Å². The minimum atomic E-state index is -4.11. The quantitative estimate of drug-likeness (QED) is 0.440. The van der Waals surface area contributed by atoms with E-state index >= 15 is 4.39 Å². The third kappa shape index (κ3) is 5.85. The van der Waals surface area contributed by atoms with E-state index < -0.39 is 22.4 Å². The van der Waals surface area contributed by atoms with Gasteiger partial charge in [-0.1, -0.05) is 37.2 Å². The van der Waals surface area contributed by atoms with Gasteiger partial charge in [-0.05, 0) is 48.9 Å². The highest BCUT2D eigenvalue weighted by atomic mass is 32.2. The first-order chi connectivity index (χ1) is 17.2. The molecule has 36 heavy (non-hydrogen) atoms. The smallest absolute Gasteiger partial charge is 0.324 e. The number of nitrogens with zero attached hydrogens (tertiary/aromatic N) is 3. The third-order valence-corrected chi connectivity index (χ3v) is 7.35. The lowest BCUT2D eigenvalue weighted by molar-refractivity contribution is 0.220. The molecular weight excluding hydrogens is 487 g/mol. The number of aliphatic hydroxyl groups is 1. The Labute approximate surface area is 210 Å². The maximum Gasteiger partial charge on any atom is 0.324 e. The normalized spacial score (nSPS) is 15.0. The van der Waals surface area contributed by atoms with Gasteiger partial charge in [0.1, 0.15) is 11.6 Å². The zero-order chi connectivity index (χ0) is 25.9. The Bertz CT molecular complexity index is 1290. The van der Waals surface area contributed by atoms with Crippen molar-refractivity contribution in [1.82, 2.24) is 10.1 Å². The van der Waals surface area contributed by atoms with Crippen molar-refractivity contribution in [1.29, 1.82) is 0 Å². The summed E-state index contributed by atoms with van der Waals surface area (Å²) in [5, 5.41) is 18.5. The number of aromatic nitrogens is 2. The molecule has 0 bridgehead atoms. The van der Waals surface area contributed by atoms with E-state index in [1.807, 2.05) is 13.8 Å². The standard InChI is InChI=1S/C25H31FN4O5S/c1-16(2)24-28-25(35-29-24)30-12-9-17(10-13-30)15-34-19-5-3-18(4-6-19)20-7-8-22(36(27,32)33)21(11-14-31)23(20)26/h3-8,16-17,31H,9-15H2,1-2H3,(H2,27,32,33). The SMILES string of the molecule is CC(C)c1noc(N2CCC(COc3ccc(-c4ccc(S(N)(=O)=O)c(CCO)c4F)cc3)CC2)n1. The summed E-state index contributed by atoms with van der Waals surface area (Å²) in [6.45, 7) is 5.85. The van der Waals surface area contributed by atoms with Crippen LogP contribution in [0.4, 0.5) is 10.4 Å². The highest BCUT2D eigenvalue weighted by molar-refractivity contribution is 7.89. The van der Waals surface area contributed by atoms with E-state index in [0.717, 1.165) is 25.9 Å². The van der Waals surface area contributed by atoms with Gasteiger partial charge in [0, 0.05) is 36.7 Å². The second-order valence-electron chi connectivity index (χ2n) is 9.28. The predicted octanol–water partition coefficient (Wildman–Crippen LogP) is 3.48. The molecule has 1 aromatic heterocycles. The van der Waals surface area contributed by atoms with Crippen LogP contribution in [0.5, 0.6) is 5.75 Å². The number of primary sulfonamides is 1. The molecule has 4 rings (SSSR count). The first kappa shape index (κ1) is 26.1. The average Bonchev–Trinajstić information content (AvgIpc) is 3.35. The molecule has 2 heterocycles. The lowest BCUT2D eigenvalue weighted by Gasteiger charge is -2.30. The van der Waals surface area contributed by atoms with Gasteiger partial charge >= 0.3 is 6.01 Å². The average molecular weight is 519 g/mol. The van der Waals surface area contributed by atoms with Crippen LogP contribution >= 0.6 is 0 Å². The van der Waals surface area contributed by atoms with Gasteiger partial charge in [-0.15, -0.1) is 0 Å². The summed E-state index contributed by atoms with van der Waals surface area (Å²) in [6.07, 6.45) is 1.72. The van der Waals surface area contributed by atoms with Gasteiger partial charge in [-0.3, -0.25) is 0 Å². The number of nitrogens with two attached hydrogens (primary N) is 1. The topological polar surface area (TPSA) is 132 Å². The van der Waals surface area contributed by atoms with Crippen LogP contribution < -0.4 is 14.8 Å². The van der Waals surface area contributed by atoms with Crippen LogP contribution in [0.3, 0.4) is 0 Å². The van der Waals surface area contributed by atoms with E-state index in [1.54, 1.807) is 24.3 Å². The van der Waals surface area contributed by atoms with Gasteiger partial charge in [-0.2, -0.15) is 4.98 Å². The number of rotatable bonds is 9. The van der Waals surface area contributed by atoms with E-state index in [1.165, 1.54) is 12.1 Å². The lowest BCUT2D eigenvalue weighted by atomic mass is 9.98. The Morgan fingerprint density at radius 2 is 1.89 bits per heavy atom. The zero-order valence-corrected chi connectivity index (χ0v) is 21.2. The summed E-state index contributed by atoms with van der Waals surface area (Å²) in [7, 11) is -4.11. The van der Waals surface area contributed by atoms with Crippen LogP contribution in [-0.2, 0) is 16.4 Å². The molecule has 3 N–H and O–H groups in total. The summed E-state index contributed by atoms with van der Waals surface area (Å²) in [4.78, 5) is 6.25. The van der Waals surface area contributed by atoms with Gasteiger partial charge < -0.3 is 19.3 Å². The molecule has 3 aromatic rings. The first-order valence-electron chi connectivity index (χ1n) is 11.9. The van der Waals surface area contributed by atoms with Gasteiger partial charge in [0.05, 0.1) is 11.5 Å². The van der Waals surface area contributed by atoms with E-state index in [9.17, 15) is 13.5 Å². The van der Waals surface area contributed by atoms with Crippen molar-refractivity contribution in [2.45, 2.75) is 43.9 Å². The molecule has 1 fully saturated rings. The Morgan fingerprint density at radius 3 is 2.47 bits per heavy atom. The predicted molar refractivity (Wildman–Crippen MR) is 133 cm³/mol. The number of ether oxygens (including phenoxy) is 1. The Hall–Kier alpha value is -3.02. The third-order valence-electron chi connectivity index (χ3n) is 6.35. The van der Waals surface area contributed by atoms with Gasteiger partial charge in [-0.25, -0.2) is 17.9 Å². The van der Waals surface area contributed by atoms with Crippen LogP contribution in [0.25, 0.3) is 11.1 Å². The summed E-state index contributed by atoms with van der Waals surface area (Å²) in [5.74, 6) is 1.27. The van der Waals surface area contributed by atoms with Crippen LogP contribution in [-0.4, -0.2) is 50.0 Å². The van der Waals surface area contributed by atoms with Crippen molar-refractivity contribution in [2.75, 3.05) is 31.2 Å². The second kappa shape index (κ2) is 10.9. The van der Waals surface area contributed by atoms with E-state index in [0.29, 0.717) is 35.7 Å². The summed E-state index contributed by atoms with van der Waals surface area (Å²) >= 11 is 0. The van der Waals surface area contributed by atoms with Crippen LogP contribution in [0.1, 0.15) is 44.0 Å². The number of aliphatic hydroxyl groups excluding tert-OH is 1. The van der Waals surface area contributed by atoms with Crippen molar-refractivity contribution in [3.05, 3.63) is 53.6 Å². The molecule has 0 saturated carbocycles. The Morgan fingerprint density at radius 1 is 1.19 bits per heavy atom. The fourth-order valence-electron chi connectivity index (χ4n) is 4.26. The van der Waals surface area contributed by atoms with Crippen molar-refractivity contribution in [2.24, 2.45) is 11.1 Å². The summed E-state index contributed by atoms with van der Waals surface area (Å²) in [6, 6.07) is 10.2. The van der Waals surface area contributed by atoms with E-state index in [-0.39, 0.29) is 28.4 Å². The molecule has 0 spiro atoms. The number of benzene rings is 2. The number of hydrogen-bond acceptors (Lipinski definition) is 8. The van der Waals surface area contributed by atoms with Crippen molar-refractivity contribution in [3.8, 4) is 16.9 Å². The van der Waals surface area contributed by atoms with Crippen LogP contribution in [0, 0.1) is 11.7 Å². The van der Waals surface area contributed by atoms with E-state index in [2.05, 4.69) is 15.0 Å². The molecule has 2 aromatic carbocycles. The molecule has 0 radical (unpaired) electrons. The largest absolute Gasteiger partial charge is 0.493 e. The molecule has 0 amide bonds. The molecule has 0 atom stereocenters. The van der Waals surface area contributed by atoms with Gasteiger partial charge in [0.15, 0.2) is 5.82 Å². The number of piperidine rings is 1. The number of sulfonamides is 1. The summed E-state index contributed by atoms with van der Waals surface area (Å²) < 4.78 is 50.1. The molecule has 1 saturated heterocycles. The fourth-order valence-corrected chi connectivity index (χ4v) is 5.06. The van der Waals surface area contributed by atoms with Gasteiger partial charge in [0.2, 0.25) is 10.0 Å². The highest BCUT2D eigenvalue weighted by Crippen LogP contribution is 2.31. The number of hydrogen-bond donors (Lipinski definition) is 2. The van der Waals surface area contributed by atoms with Crippen molar-refractivity contribution >= 4 is 16.0 Å². The molecule has 1 aliphatic heterocycles. The maximum atomic E-state index is 15.1. The minimum Gasteiger partial charge on any atom is -0.493 e. The zero-order valence-electron chi connectivity index (χ0n) is 20.4. The molecule has 1 aliphatic rings.